The van der Waals surface area contributed by atoms with Crippen molar-refractivity contribution in [2.24, 2.45) is 5.92 Å². The quantitative estimate of drug-likeness (QED) is 0.873. The van der Waals surface area contributed by atoms with Gasteiger partial charge in [-0.15, -0.1) is 0 Å². The summed E-state index contributed by atoms with van der Waals surface area (Å²) in [6.45, 7) is 7.06. The van der Waals surface area contributed by atoms with Crippen molar-refractivity contribution in [3.63, 3.8) is 0 Å². The van der Waals surface area contributed by atoms with E-state index in [9.17, 15) is 4.79 Å². The number of anilines is 1. The van der Waals surface area contributed by atoms with E-state index in [1.54, 1.807) is 0 Å². The summed E-state index contributed by atoms with van der Waals surface area (Å²) in [6.07, 6.45) is 0. The first-order valence-corrected chi connectivity index (χ1v) is 8.35. The minimum Gasteiger partial charge on any atom is -0.343 e. The van der Waals surface area contributed by atoms with Crippen LogP contribution in [0, 0.1) is 5.92 Å². The van der Waals surface area contributed by atoms with Gasteiger partial charge < -0.3 is 9.80 Å². The number of nitrogens with zero attached hydrogens (tertiary/aromatic N) is 4. The first-order valence-electron chi connectivity index (χ1n) is 7.58. The second-order valence-corrected chi connectivity index (χ2v) is 6.46. The van der Waals surface area contributed by atoms with E-state index in [0.717, 1.165) is 42.7 Å². The number of carbonyl (C=O) groups excluding carboxylic acids is 1. The third kappa shape index (κ3) is 3.11. The molecule has 0 saturated carbocycles. The number of rotatable bonds is 3. The van der Waals surface area contributed by atoms with Crippen LogP contribution in [0.5, 0.6) is 0 Å². The largest absolute Gasteiger partial charge is 0.343 e. The summed E-state index contributed by atoms with van der Waals surface area (Å²) in [7, 11) is 0. The maximum atomic E-state index is 12.0. The molecule has 22 heavy (non-hydrogen) atoms. The fraction of sp³-hybridized carbons (Fsp3) is 0.438. The molecule has 116 valence electrons. The van der Waals surface area contributed by atoms with Gasteiger partial charge in [-0.05, 0) is 0 Å². The number of amides is 1. The standard InChI is InChI=1S/C16H20N4OS/c1-12(2)15(21)19-8-10-20(11-9-19)16-17-14(18-22-16)13-6-4-3-5-7-13/h3-7,12H,8-11H2,1-2H3. The van der Waals surface area contributed by atoms with Crippen molar-refractivity contribution in [1.82, 2.24) is 14.3 Å². The van der Waals surface area contributed by atoms with Crippen molar-refractivity contribution in [3.8, 4) is 11.4 Å². The van der Waals surface area contributed by atoms with Gasteiger partial charge in [-0.3, -0.25) is 4.79 Å². The average Bonchev–Trinajstić information content (AvgIpc) is 3.05. The molecule has 3 rings (SSSR count). The molecule has 0 bridgehead atoms. The van der Waals surface area contributed by atoms with E-state index in [4.69, 9.17) is 0 Å². The Labute approximate surface area is 134 Å². The number of hydrogen-bond acceptors (Lipinski definition) is 5. The average molecular weight is 316 g/mol. The van der Waals surface area contributed by atoms with Gasteiger partial charge in [-0.2, -0.15) is 9.36 Å². The molecule has 5 nitrogen and oxygen atoms in total. The predicted molar refractivity (Wildman–Crippen MR) is 89.0 cm³/mol. The molecule has 1 aromatic heterocycles. The van der Waals surface area contributed by atoms with E-state index in [0.29, 0.717) is 0 Å². The van der Waals surface area contributed by atoms with Gasteiger partial charge in [-0.1, -0.05) is 44.2 Å². The Balaban J connectivity index is 1.65. The lowest BCUT2D eigenvalue weighted by molar-refractivity contribution is -0.134. The molecule has 0 spiro atoms. The van der Waals surface area contributed by atoms with Gasteiger partial charge in [0.05, 0.1) is 0 Å². The first kappa shape index (κ1) is 15.0. The maximum Gasteiger partial charge on any atom is 0.225 e. The lowest BCUT2D eigenvalue weighted by Crippen LogP contribution is -2.49. The minimum absolute atomic E-state index is 0.0674. The van der Waals surface area contributed by atoms with Crippen LogP contribution in [0.3, 0.4) is 0 Å². The van der Waals surface area contributed by atoms with Gasteiger partial charge in [-0.25, -0.2) is 0 Å². The third-order valence-electron chi connectivity index (χ3n) is 3.80. The van der Waals surface area contributed by atoms with Crippen LogP contribution in [0.1, 0.15) is 13.8 Å². The summed E-state index contributed by atoms with van der Waals surface area (Å²) in [5.41, 5.74) is 1.04. The number of hydrogen-bond donors (Lipinski definition) is 0. The molecular weight excluding hydrogens is 296 g/mol. The van der Waals surface area contributed by atoms with Gasteiger partial charge in [0.1, 0.15) is 0 Å². The number of benzene rings is 1. The van der Waals surface area contributed by atoms with Gasteiger partial charge in [0.2, 0.25) is 11.0 Å². The second-order valence-electron chi connectivity index (χ2n) is 5.73. The zero-order valence-electron chi connectivity index (χ0n) is 12.9. The molecule has 1 aliphatic heterocycles. The second kappa shape index (κ2) is 6.44. The van der Waals surface area contributed by atoms with E-state index in [1.807, 2.05) is 49.1 Å². The van der Waals surface area contributed by atoms with Crippen LogP contribution < -0.4 is 4.90 Å². The fourth-order valence-electron chi connectivity index (χ4n) is 2.53. The van der Waals surface area contributed by atoms with Crippen LogP contribution in [-0.2, 0) is 4.79 Å². The van der Waals surface area contributed by atoms with Crippen molar-refractivity contribution >= 4 is 22.6 Å². The highest BCUT2D eigenvalue weighted by Gasteiger charge is 2.24. The molecular formula is C16H20N4OS. The molecule has 6 heteroatoms. The van der Waals surface area contributed by atoms with Crippen molar-refractivity contribution in [1.29, 1.82) is 0 Å². The Morgan fingerprint density at radius 1 is 1.14 bits per heavy atom. The molecule has 0 unspecified atom stereocenters. The maximum absolute atomic E-state index is 12.0. The summed E-state index contributed by atoms with van der Waals surface area (Å²) >= 11 is 1.43. The molecule has 0 N–H and O–H groups in total. The summed E-state index contributed by atoms with van der Waals surface area (Å²) in [5, 5.41) is 0.940. The Hall–Kier alpha value is -1.95. The van der Waals surface area contributed by atoms with Crippen LogP contribution in [0.4, 0.5) is 5.13 Å². The Bertz CT molecular complexity index is 633. The third-order valence-corrected chi connectivity index (χ3v) is 4.58. The molecule has 1 saturated heterocycles. The highest BCUT2D eigenvalue weighted by Crippen LogP contribution is 2.24. The molecule has 0 atom stereocenters. The summed E-state index contributed by atoms with van der Waals surface area (Å²) in [5.74, 6) is 1.08. The Morgan fingerprint density at radius 2 is 1.82 bits per heavy atom. The van der Waals surface area contributed by atoms with E-state index < -0.39 is 0 Å². The van der Waals surface area contributed by atoms with Crippen molar-refractivity contribution in [3.05, 3.63) is 30.3 Å². The summed E-state index contributed by atoms with van der Waals surface area (Å²) in [6, 6.07) is 10.0. The molecule has 1 aliphatic rings. The van der Waals surface area contributed by atoms with Crippen LogP contribution in [-0.4, -0.2) is 46.3 Å². The molecule has 0 radical (unpaired) electrons. The SMILES string of the molecule is CC(C)C(=O)N1CCN(c2nc(-c3ccccc3)ns2)CC1. The molecule has 1 aromatic carbocycles. The van der Waals surface area contributed by atoms with Crippen LogP contribution >= 0.6 is 11.5 Å². The Morgan fingerprint density at radius 3 is 2.45 bits per heavy atom. The zero-order chi connectivity index (χ0) is 15.5. The van der Waals surface area contributed by atoms with Crippen molar-refractivity contribution < 1.29 is 4.79 Å². The van der Waals surface area contributed by atoms with Gasteiger partial charge in [0.25, 0.3) is 0 Å². The van der Waals surface area contributed by atoms with Crippen LogP contribution in [0.2, 0.25) is 0 Å². The van der Waals surface area contributed by atoms with Crippen LogP contribution in [0.15, 0.2) is 30.3 Å². The monoisotopic (exact) mass is 316 g/mol. The highest BCUT2D eigenvalue weighted by atomic mass is 32.1. The van der Waals surface area contributed by atoms with Gasteiger partial charge in [0.15, 0.2) is 5.82 Å². The van der Waals surface area contributed by atoms with Gasteiger partial charge in [0, 0.05) is 49.2 Å². The number of carbonyl (C=O) groups is 1. The smallest absolute Gasteiger partial charge is 0.225 e. The Kier molecular flexibility index (Phi) is 4.38. The minimum atomic E-state index is 0.0674. The number of piperazine rings is 1. The highest BCUT2D eigenvalue weighted by molar-refractivity contribution is 7.09. The normalized spacial score (nSPS) is 15.4. The van der Waals surface area contributed by atoms with E-state index in [-0.39, 0.29) is 11.8 Å². The number of aromatic nitrogens is 2. The molecule has 0 aliphatic carbocycles. The van der Waals surface area contributed by atoms with E-state index in [2.05, 4.69) is 14.3 Å². The van der Waals surface area contributed by atoms with E-state index in [1.165, 1.54) is 11.5 Å². The summed E-state index contributed by atoms with van der Waals surface area (Å²) < 4.78 is 4.45. The lowest BCUT2D eigenvalue weighted by atomic mass is 10.1. The topological polar surface area (TPSA) is 49.3 Å². The molecule has 1 amide bonds. The zero-order valence-corrected chi connectivity index (χ0v) is 13.7. The summed E-state index contributed by atoms with van der Waals surface area (Å²) in [4.78, 5) is 20.8. The van der Waals surface area contributed by atoms with Crippen molar-refractivity contribution in [2.75, 3.05) is 31.1 Å². The first-order chi connectivity index (χ1) is 10.6. The molecule has 1 fully saturated rings. The molecule has 2 heterocycles. The van der Waals surface area contributed by atoms with Crippen molar-refractivity contribution in [2.45, 2.75) is 13.8 Å². The fourth-order valence-corrected chi connectivity index (χ4v) is 3.27. The predicted octanol–water partition coefficient (Wildman–Crippen LogP) is 2.51. The van der Waals surface area contributed by atoms with E-state index >= 15 is 0 Å². The lowest BCUT2D eigenvalue weighted by Gasteiger charge is -2.35. The van der Waals surface area contributed by atoms with Crippen LogP contribution in [0.25, 0.3) is 11.4 Å². The van der Waals surface area contributed by atoms with Gasteiger partial charge >= 0.3 is 0 Å². The molecule has 2 aromatic rings.